The highest BCUT2D eigenvalue weighted by molar-refractivity contribution is 5.92. The van der Waals surface area contributed by atoms with Gasteiger partial charge in [-0.25, -0.2) is 19.2 Å². The molecule has 0 amide bonds. The summed E-state index contributed by atoms with van der Waals surface area (Å²) in [4.78, 5) is 49.3. The van der Waals surface area contributed by atoms with E-state index in [1.807, 2.05) is 0 Å². The third kappa shape index (κ3) is 6.51. The van der Waals surface area contributed by atoms with Gasteiger partial charge in [-0.05, 0) is 36.4 Å². The Balaban J connectivity index is 1.80. The van der Waals surface area contributed by atoms with Gasteiger partial charge in [-0.2, -0.15) is 0 Å². The van der Waals surface area contributed by atoms with E-state index in [0.29, 0.717) is 0 Å². The number of hydrogen-bond donors (Lipinski definition) is 1. The summed E-state index contributed by atoms with van der Waals surface area (Å²) in [6.07, 6.45) is -3.52. The zero-order valence-corrected chi connectivity index (χ0v) is 17.3. The smallest absolute Gasteiger partial charge is 0.349 e. The van der Waals surface area contributed by atoms with Gasteiger partial charge in [0.15, 0.2) is 6.10 Å². The third-order valence-corrected chi connectivity index (χ3v) is 4.48. The lowest BCUT2D eigenvalue weighted by molar-refractivity contribution is -0.155. The van der Waals surface area contributed by atoms with E-state index in [0.717, 1.165) is 0 Å². The first-order chi connectivity index (χ1) is 16.0. The Kier molecular flexibility index (Phi) is 7.91. The molecule has 0 fully saturated rings. The number of aliphatic carboxylic acids is 1. The van der Waals surface area contributed by atoms with Gasteiger partial charge < -0.3 is 19.3 Å². The standard InChI is InChI=1S/C25H20O8/c26-22(27)21(33-25(30)19-14-8-3-9-15-19)20(32-24(29)18-12-6-2-7-13-18)16-31-23(28)17-10-4-1-5-11-17/h1-15,20-21H,16H2,(H,26,27)/t20-,21+/m0/s1. The van der Waals surface area contributed by atoms with E-state index in [4.69, 9.17) is 14.2 Å². The van der Waals surface area contributed by atoms with Gasteiger partial charge in [0, 0.05) is 0 Å². The molecular formula is C25H20O8. The molecule has 0 unspecified atom stereocenters. The van der Waals surface area contributed by atoms with E-state index in [9.17, 15) is 24.3 Å². The lowest BCUT2D eigenvalue weighted by atomic mass is 10.1. The van der Waals surface area contributed by atoms with Gasteiger partial charge in [-0.1, -0.05) is 54.6 Å². The first kappa shape index (κ1) is 23.2. The Labute approximate surface area is 189 Å². The summed E-state index contributed by atoms with van der Waals surface area (Å²) >= 11 is 0. The van der Waals surface area contributed by atoms with E-state index in [2.05, 4.69) is 0 Å². The number of benzene rings is 3. The van der Waals surface area contributed by atoms with Crippen molar-refractivity contribution in [2.45, 2.75) is 12.2 Å². The fraction of sp³-hybridized carbons (Fsp3) is 0.120. The summed E-state index contributed by atoms with van der Waals surface area (Å²) in [6, 6.07) is 23.6. The highest BCUT2D eigenvalue weighted by atomic mass is 16.6. The van der Waals surface area contributed by atoms with Gasteiger partial charge in [0.25, 0.3) is 0 Å². The fourth-order valence-electron chi connectivity index (χ4n) is 2.82. The van der Waals surface area contributed by atoms with Crippen LogP contribution in [0.5, 0.6) is 0 Å². The number of carbonyl (C=O) groups excluding carboxylic acids is 3. The summed E-state index contributed by atoms with van der Waals surface area (Å²) < 4.78 is 15.6. The summed E-state index contributed by atoms with van der Waals surface area (Å²) in [7, 11) is 0. The van der Waals surface area contributed by atoms with Gasteiger partial charge in [0.05, 0.1) is 16.7 Å². The van der Waals surface area contributed by atoms with Crippen LogP contribution in [0.15, 0.2) is 91.0 Å². The van der Waals surface area contributed by atoms with Crippen molar-refractivity contribution in [1.29, 1.82) is 0 Å². The predicted octanol–water partition coefficient (Wildman–Crippen LogP) is 3.38. The molecule has 0 bridgehead atoms. The van der Waals surface area contributed by atoms with Crippen molar-refractivity contribution in [3.05, 3.63) is 108 Å². The van der Waals surface area contributed by atoms with E-state index < -0.39 is 42.7 Å². The number of carboxylic acids is 1. The summed E-state index contributed by atoms with van der Waals surface area (Å²) in [6.45, 7) is -0.647. The van der Waals surface area contributed by atoms with Crippen molar-refractivity contribution in [3.63, 3.8) is 0 Å². The number of carbonyl (C=O) groups is 4. The van der Waals surface area contributed by atoms with Gasteiger partial charge in [0.1, 0.15) is 6.61 Å². The fourth-order valence-corrected chi connectivity index (χ4v) is 2.82. The van der Waals surface area contributed by atoms with Crippen molar-refractivity contribution < 1.29 is 38.5 Å². The molecule has 0 radical (unpaired) electrons. The highest BCUT2D eigenvalue weighted by Gasteiger charge is 2.37. The van der Waals surface area contributed by atoms with Gasteiger partial charge >= 0.3 is 23.9 Å². The lowest BCUT2D eigenvalue weighted by Gasteiger charge is -2.24. The van der Waals surface area contributed by atoms with Crippen LogP contribution in [0.2, 0.25) is 0 Å². The van der Waals surface area contributed by atoms with E-state index >= 15 is 0 Å². The highest BCUT2D eigenvalue weighted by Crippen LogP contribution is 2.14. The van der Waals surface area contributed by atoms with Crippen molar-refractivity contribution in [3.8, 4) is 0 Å². The normalized spacial score (nSPS) is 12.1. The van der Waals surface area contributed by atoms with Crippen LogP contribution in [0.1, 0.15) is 31.1 Å². The van der Waals surface area contributed by atoms with E-state index in [-0.39, 0.29) is 16.7 Å². The van der Waals surface area contributed by atoms with Crippen molar-refractivity contribution in [2.75, 3.05) is 6.61 Å². The molecule has 0 spiro atoms. The van der Waals surface area contributed by atoms with Crippen molar-refractivity contribution >= 4 is 23.9 Å². The molecule has 33 heavy (non-hydrogen) atoms. The Morgan fingerprint density at radius 3 is 1.42 bits per heavy atom. The van der Waals surface area contributed by atoms with Crippen LogP contribution in [0, 0.1) is 0 Å². The van der Waals surface area contributed by atoms with Crippen LogP contribution in [0.25, 0.3) is 0 Å². The Morgan fingerprint density at radius 1 is 0.606 bits per heavy atom. The second-order valence-corrected chi connectivity index (χ2v) is 6.80. The molecule has 3 aromatic carbocycles. The van der Waals surface area contributed by atoms with Crippen LogP contribution in [0.3, 0.4) is 0 Å². The number of rotatable bonds is 9. The summed E-state index contributed by atoms with van der Waals surface area (Å²) in [5.41, 5.74) is 0.479. The van der Waals surface area contributed by atoms with Crippen LogP contribution >= 0.6 is 0 Å². The molecule has 3 aromatic rings. The molecule has 0 aliphatic carbocycles. The average Bonchev–Trinajstić information content (AvgIpc) is 2.86. The Bertz CT molecular complexity index is 1100. The maximum atomic E-state index is 12.6. The molecule has 0 saturated carbocycles. The molecule has 2 atom stereocenters. The topological polar surface area (TPSA) is 116 Å². The quantitative estimate of drug-likeness (QED) is 0.391. The molecule has 8 heteroatoms. The monoisotopic (exact) mass is 448 g/mol. The van der Waals surface area contributed by atoms with Crippen LogP contribution < -0.4 is 0 Å². The van der Waals surface area contributed by atoms with Crippen LogP contribution in [-0.4, -0.2) is 47.8 Å². The van der Waals surface area contributed by atoms with Crippen molar-refractivity contribution in [1.82, 2.24) is 0 Å². The van der Waals surface area contributed by atoms with Crippen molar-refractivity contribution in [2.24, 2.45) is 0 Å². The molecule has 0 aromatic heterocycles. The summed E-state index contributed by atoms with van der Waals surface area (Å²) in [5, 5.41) is 9.70. The molecule has 0 aliphatic rings. The number of carboxylic acid groups (broad SMARTS) is 1. The second kappa shape index (κ2) is 11.2. The molecular weight excluding hydrogens is 428 g/mol. The zero-order chi connectivity index (χ0) is 23.6. The molecule has 8 nitrogen and oxygen atoms in total. The average molecular weight is 448 g/mol. The first-order valence-corrected chi connectivity index (χ1v) is 9.92. The molecule has 0 aliphatic heterocycles. The molecule has 0 heterocycles. The largest absolute Gasteiger partial charge is 0.478 e. The first-order valence-electron chi connectivity index (χ1n) is 9.92. The molecule has 1 N–H and O–H groups in total. The second-order valence-electron chi connectivity index (χ2n) is 6.80. The lowest BCUT2D eigenvalue weighted by Crippen LogP contribution is -2.44. The van der Waals surface area contributed by atoms with Crippen LogP contribution in [0.4, 0.5) is 0 Å². The maximum Gasteiger partial charge on any atom is 0.349 e. The Morgan fingerprint density at radius 2 is 1.00 bits per heavy atom. The SMILES string of the molecule is O=C(OC[C@H](OC(=O)c1ccccc1)[C@@H](OC(=O)c1ccccc1)C(=O)O)c1ccccc1. The minimum Gasteiger partial charge on any atom is -0.478 e. The minimum absolute atomic E-state index is 0.109. The zero-order valence-electron chi connectivity index (χ0n) is 17.3. The third-order valence-electron chi connectivity index (χ3n) is 4.48. The van der Waals surface area contributed by atoms with Gasteiger partial charge in [-0.3, -0.25) is 0 Å². The number of hydrogen-bond acceptors (Lipinski definition) is 7. The molecule has 0 saturated heterocycles. The van der Waals surface area contributed by atoms with Crippen LogP contribution in [-0.2, 0) is 19.0 Å². The summed E-state index contributed by atoms with van der Waals surface area (Å²) in [5.74, 6) is -4.12. The maximum absolute atomic E-state index is 12.6. The molecule has 168 valence electrons. The minimum atomic E-state index is -1.92. The van der Waals surface area contributed by atoms with Gasteiger partial charge in [-0.15, -0.1) is 0 Å². The molecule has 3 rings (SSSR count). The Hall–Kier alpha value is -4.46. The predicted molar refractivity (Wildman–Crippen MR) is 116 cm³/mol. The van der Waals surface area contributed by atoms with E-state index in [1.54, 1.807) is 54.6 Å². The van der Waals surface area contributed by atoms with E-state index in [1.165, 1.54) is 36.4 Å². The van der Waals surface area contributed by atoms with Gasteiger partial charge in [0.2, 0.25) is 6.10 Å². The number of ether oxygens (including phenoxy) is 3. The number of esters is 3.